The van der Waals surface area contributed by atoms with E-state index in [1.165, 1.54) is 0 Å². The molecule has 21 heavy (non-hydrogen) atoms. The maximum Gasteiger partial charge on any atom is 0.165 e. The van der Waals surface area contributed by atoms with Crippen LogP contribution in [0.15, 0.2) is 24.5 Å². The highest BCUT2D eigenvalue weighted by Gasteiger charge is 2.23. The van der Waals surface area contributed by atoms with Crippen molar-refractivity contribution in [3.05, 3.63) is 36.0 Å². The monoisotopic (exact) mass is 282 g/mol. The van der Waals surface area contributed by atoms with E-state index in [9.17, 15) is 0 Å². The van der Waals surface area contributed by atoms with Crippen LogP contribution in [0.25, 0.3) is 16.7 Å². The van der Waals surface area contributed by atoms with E-state index in [-0.39, 0.29) is 10.8 Å². The number of nitrogens with zero attached hydrogens (tertiary/aromatic N) is 4. The van der Waals surface area contributed by atoms with E-state index in [1.807, 2.05) is 12.4 Å². The molecule has 0 unspecified atom stereocenters. The van der Waals surface area contributed by atoms with E-state index in [0.717, 1.165) is 28.2 Å². The van der Waals surface area contributed by atoms with E-state index in [0.29, 0.717) is 0 Å². The van der Waals surface area contributed by atoms with Crippen molar-refractivity contribution < 1.29 is 0 Å². The lowest BCUT2D eigenvalue weighted by Crippen LogP contribution is -2.20. The van der Waals surface area contributed by atoms with Crippen LogP contribution < -0.4 is 0 Å². The van der Waals surface area contributed by atoms with Gasteiger partial charge in [-0.25, -0.2) is 15.0 Å². The van der Waals surface area contributed by atoms with Gasteiger partial charge in [0.1, 0.15) is 11.5 Å². The molecule has 0 aliphatic rings. The molecule has 0 saturated carbocycles. The lowest BCUT2D eigenvalue weighted by molar-refractivity contribution is 0.537. The third-order valence-electron chi connectivity index (χ3n) is 3.64. The van der Waals surface area contributed by atoms with E-state index in [4.69, 9.17) is 9.97 Å². The van der Waals surface area contributed by atoms with Gasteiger partial charge in [0.25, 0.3) is 0 Å². The molecule has 4 heteroatoms. The van der Waals surface area contributed by atoms with Crippen LogP contribution in [0, 0.1) is 0 Å². The minimum atomic E-state index is -0.0629. The first-order chi connectivity index (χ1) is 9.68. The molecule has 3 heterocycles. The number of fused-ring (bicyclic) bond motifs is 3. The van der Waals surface area contributed by atoms with Crippen molar-refractivity contribution in [2.45, 2.75) is 52.4 Å². The quantitative estimate of drug-likeness (QED) is 0.628. The minimum Gasteiger partial charge on any atom is -0.287 e. The van der Waals surface area contributed by atoms with Crippen LogP contribution in [0.5, 0.6) is 0 Å². The molecule has 4 nitrogen and oxygen atoms in total. The molecule has 0 amide bonds. The number of aromatic nitrogens is 4. The molecule has 3 aromatic rings. The van der Waals surface area contributed by atoms with E-state index < -0.39 is 0 Å². The lowest BCUT2D eigenvalue weighted by atomic mass is 9.91. The van der Waals surface area contributed by atoms with Crippen LogP contribution in [0.1, 0.15) is 53.1 Å². The van der Waals surface area contributed by atoms with Crippen LogP contribution in [0.4, 0.5) is 0 Å². The summed E-state index contributed by atoms with van der Waals surface area (Å²) in [5, 5.41) is 1.00. The van der Waals surface area contributed by atoms with Gasteiger partial charge in [0.05, 0.1) is 5.39 Å². The molecule has 3 rings (SSSR count). The molecular formula is C17H22N4. The van der Waals surface area contributed by atoms with Crippen molar-refractivity contribution >= 4 is 16.7 Å². The summed E-state index contributed by atoms with van der Waals surface area (Å²) in [7, 11) is 0. The van der Waals surface area contributed by atoms with Gasteiger partial charge in [0.2, 0.25) is 0 Å². The Kier molecular flexibility index (Phi) is 2.84. The van der Waals surface area contributed by atoms with Crippen molar-refractivity contribution in [1.29, 1.82) is 0 Å². The molecule has 0 aromatic carbocycles. The average molecular weight is 282 g/mol. The minimum absolute atomic E-state index is 0.0132. The van der Waals surface area contributed by atoms with Crippen LogP contribution in [-0.2, 0) is 10.8 Å². The number of hydrogen-bond donors (Lipinski definition) is 0. The zero-order valence-corrected chi connectivity index (χ0v) is 13.6. The highest BCUT2D eigenvalue weighted by molar-refractivity contribution is 5.89. The Morgan fingerprint density at radius 1 is 0.905 bits per heavy atom. The Labute approximate surface area is 125 Å². The Balaban J connectivity index is 2.40. The van der Waals surface area contributed by atoms with Gasteiger partial charge in [-0.2, -0.15) is 0 Å². The van der Waals surface area contributed by atoms with E-state index in [2.05, 4.69) is 63.1 Å². The number of hydrogen-bond acceptors (Lipinski definition) is 3. The van der Waals surface area contributed by atoms with Crippen LogP contribution in [0.2, 0.25) is 0 Å². The fourth-order valence-electron chi connectivity index (χ4n) is 2.48. The maximum atomic E-state index is 4.83. The molecule has 0 radical (unpaired) electrons. The smallest absolute Gasteiger partial charge is 0.165 e. The summed E-state index contributed by atoms with van der Waals surface area (Å²) in [4.78, 5) is 14.1. The van der Waals surface area contributed by atoms with E-state index >= 15 is 0 Å². The molecule has 0 saturated heterocycles. The molecule has 0 aliphatic heterocycles. The Morgan fingerprint density at radius 2 is 1.62 bits per heavy atom. The summed E-state index contributed by atoms with van der Waals surface area (Å²) in [6, 6.07) is 4.17. The Morgan fingerprint density at radius 3 is 2.24 bits per heavy atom. The van der Waals surface area contributed by atoms with Crippen molar-refractivity contribution in [3.8, 4) is 0 Å². The average Bonchev–Trinajstić information content (AvgIpc) is 2.83. The molecule has 110 valence electrons. The second kappa shape index (κ2) is 4.26. The second-order valence-corrected chi connectivity index (χ2v) is 7.62. The Bertz CT molecular complexity index is 816. The summed E-state index contributed by atoms with van der Waals surface area (Å²) in [6.45, 7) is 13.0. The van der Waals surface area contributed by atoms with Gasteiger partial charge < -0.3 is 0 Å². The maximum absolute atomic E-state index is 4.83. The highest BCUT2D eigenvalue weighted by atomic mass is 15.1. The predicted octanol–water partition coefficient (Wildman–Crippen LogP) is 3.87. The second-order valence-electron chi connectivity index (χ2n) is 7.62. The lowest BCUT2D eigenvalue weighted by Gasteiger charge is -2.21. The predicted molar refractivity (Wildman–Crippen MR) is 85.7 cm³/mol. The van der Waals surface area contributed by atoms with Gasteiger partial charge in [-0.05, 0) is 12.1 Å². The summed E-state index contributed by atoms with van der Waals surface area (Å²) in [5.74, 6) is 0.987. The molecule has 0 aliphatic carbocycles. The molecule has 0 bridgehead atoms. The fraction of sp³-hybridized carbons (Fsp3) is 0.471. The van der Waals surface area contributed by atoms with Gasteiger partial charge in [0, 0.05) is 28.9 Å². The molecule has 0 spiro atoms. The Hall–Kier alpha value is -1.97. The summed E-state index contributed by atoms with van der Waals surface area (Å²) in [5.41, 5.74) is 2.72. The third kappa shape index (κ3) is 2.28. The first-order valence-electron chi connectivity index (χ1n) is 7.33. The van der Waals surface area contributed by atoms with Gasteiger partial charge in [-0.15, -0.1) is 0 Å². The summed E-state index contributed by atoms with van der Waals surface area (Å²) in [6.07, 6.45) is 3.80. The van der Waals surface area contributed by atoms with Gasteiger partial charge in [-0.1, -0.05) is 41.5 Å². The summed E-state index contributed by atoms with van der Waals surface area (Å²) < 4.78 is 2.07. The normalized spacial score (nSPS) is 13.2. The largest absolute Gasteiger partial charge is 0.287 e. The topological polar surface area (TPSA) is 43.1 Å². The van der Waals surface area contributed by atoms with Crippen LogP contribution in [-0.4, -0.2) is 19.4 Å². The van der Waals surface area contributed by atoms with Gasteiger partial charge >= 0.3 is 0 Å². The van der Waals surface area contributed by atoms with Crippen molar-refractivity contribution in [2.24, 2.45) is 0 Å². The first kappa shape index (κ1) is 14.0. The molecule has 3 aromatic heterocycles. The third-order valence-corrected chi connectivity index (χ3v) is 3.64. The fourth-order valence-corrected chi connectivity index (χ4v) is 2.48. The standard InChI is InChI=1S/C17H22N4/c1-16(2,3)12-8-7-11-13(19-12)20-15(17(4,5)6)21-10-9-18-14(11)21/h7-10H,1-6H3. The van der Waals surface area contributed by atoms with E-state index in [1.54, 1.807) is 0 Å². The summed E-state index contributed by atoms with van der Waals surface area (Å²) >= 11 is 0. The van der Waals surface area contributed by atoms with Crippen LogP contribution >= 0.6 is 0 Å². The molecule has 0 N–H and O–H groups in total. The molecule has 0 fully saturated rings. The number of rotatable bonds is 0. The van der Waals surface area contributed by atoms with Crippen molar-refractivity contribution in [1.82, 2.24) is 19.4 Å². The van der Waals surface area contributed by atoms with Gasteiger partial charge in [-0.3, -0.25) is 4.40 Å². The highest BCUT2D eigenvalue weighted by Crippen LogP contribution is 2.27. The number of imidazole rings is 1. The van der Waals surface area contributed by atoms with Crippen molar-refractivity contribution in [2.75, 3.05) is 0 Å². The van der Waals surface area contributed by atoms with Gasteiger partial charge in [0.15, 0.2) is 5.65 Å². The zero-order chi connectivity index (χ0) is 15.4. The van der Waals surface area contributed by atoms with Crippen molar-refractivity contribution in [3.63, 3.8) is 0 Å². The molecule has 0 atom stereocenters. The first-order valence-corrected chi connectivity index (χ1v) is 7.33. The SMILES string of the molecule is CC(C)(C)c1ccc2c(n1)nc(C(C)(C)C)n1ccnc21. The number of pyridine rings is 1. The molecular weight excluding hydrogens is 260 g/mol. The van der Waals surface area contributed by atoms with Crippen LogP contribution in [0.3, 0.4) is 0 Å². The zero-order valence-electron chi connectivity index (χ0n) is 13.6.